The van der Waals surface area contributed by atoms with Crippen LogP contribution in [-0.2, 0) is 19.6 Å². The maximum Gasteiger partial charge on any atom is 0.318 e. The van der Waals surface area contributed by atoms with Crippen LogP contribution in [0.2, 0.25) is 0 Å². The van der Waals surface area contributed by atoms with E-state index >= 15 is 0 Å². The largest absolute Gasteiger partial charge is 0.496 e. The number of fused-ring (bicyclic) bond motifs is 3. The Hall–Kier alpha value is -4.72. The van der Waals surface area contributed by atoms with Crippen molar-refractivity contribution in [1.82, 2.24) is 30.2 Å². The molecule has 50 heavy (non-hydrogen) atoms. The molecule has 4 aliphatic rings. The second-order valence-corrected chi connectivity index (χ2v) is 15.6. The number of urea groups is 1. The number of hydrogen-bond donors (Lipinski definition) is 3. The van der Waals surface area contributed by atoms with Crippen LogP contribution in [0.25, 0.3) is 22.3 Å². The van der Waals surface area contributed by atoms with Gasteiger partial charge in [-0.1, -0.05) is 48.9 Å². The minimum atomic E-state index is -3.84. The normalized spacial score (nSPS) is 26.4. The van der Waals surface area contributed by atoms with E-state index in [1.807, 2.05) is 61.5 Å². The van der Waals surface area contributed by atoms with E-state index < -0.39 is 50.8 Å². The second kappa shape index (κ2) is 13.5. The van der Waals surface area contributed by atoms with Crippen LogP contribution < -0.4 is 24.8 Å². The molecular weight excluding hydrogens is 660 g/mol. The lowest BCUT2D eigenvalue weighted by molar-refractivity contribution is -0.131. The van der Waals surface area contributed by atoms with E-state index in [-0.39, 0.29) is 25.3 Å². The SMILES string of the molecule is COc1ccc2c(OC3CC4C(=O)NC5(C(=O)NS(=O)(=O)C6CC6)CC5/C=C\CCCCCNC(=O)N4C3)nc(-c3ccccc3)nc2c1C. The number of hydrogen-bond acceptors (Lipinski definition) is 9. The minimum absolute atomic E-state index is 0.0871. The summed E-state index contributed by atoms with van der Waals surface area (Å²) < 4.78 is 39.8. The second-order valence-electron chi connectivity index (χ2n) is 13.6. The lowest BCUT2D eigenvalue weighted by Crippen LogP contribution is -2.57. The van der Waals surface area contributed by atoms with Crippen LogP contribution in [0.15, 0.2) is 54.6 Å². The number of carbonyl (C=O) groups is 3. The van der Waals surface area contributed by atoms with Crippen molar-refractivity contribution in [2.75, 3.05) is 20.2 Å². The molecule has 2 aromatic carbocycles. The smallest absolute Gasteiger partial charge is 0.318 e. The third-order valence-electron chi connectivity index (χ3n) is 10.0. The van der Waals surface area contributed by atoms with Crippen LogP contribution in [0.1, 0.15) is 56.9 Å². The van der Waals surface area contributed by atoms with Crippen LogP contribution in [0.5, 0.6) is 11.6 Å². The number of carbonyl (C=O) groups excluding carboxylic acids is 3. The van der Waals surface area contributed by atoms with Crippen LogP contribution >= 0.6 is 0 Å². The number of aryl methyl sites for hydroxylation is 1. The fourth-order valence-electron chi connectivity index (χ4n) is 6.91. The summed E-state index contributed by atoms with van der Waals surface area (Å²) in [7, 11) is -2.24. The van der Waals surface area contributed by atoms with Crippen molar-refractivity contribution < 1.29 is 32.3 Å². The van der Waals surface area contributed by atoms with Crippen molar-refractivity contribution in [1.29, 1.82) is 0 Å². The number of sulfonamides is 1. The van der Waals surface area contributed by atoms with Crippen LogP contribution in [0.4, 0.5) is 4.79 Å². The molecule has 2 saturated carbocycles. The molecule has 3 N–H and O–H groups in total. The molecule has 0 spiro atoms. The number of benzene rings is 2. The Morgan fingerprint density at radius 3 is 2.62 bits per heavy atom. The Balaban J connectivity index is 1.19. The Morgan fingerprint density at radius 1 is 1.06 bits per heavy atom. The molecule has 4 unspecified atom stereocenters. The maximum absolute atomic E-state index is 14.1. The van der Waals surface area contributed by atoms with E-state index in [1.54, 1.807) is 7.11 Å². The first kappa shape index (κ1) is 33.8. The third kappa shape index (κ3) is 6.72. The van der Waals surface area contributed by atoms with E-state index in [0.717, 1.165) is 36.8 Å². The van der Waals surface area contributed by atoms with Gasteiger partial charge in [0.1, 0.15) is 23.4 Å². The molecule has 7 rings (SSSR count). The van der Waals surface area contributed by atoms with Crippen LogP contribution in [-0.4, -0.2) is 84.3 Å². The van der Waals surface area contributed by atoms with E-state index in [1.165, 1.54) is 4.90 Å². The molecule has 0 bridgehead atoms. The monoisotopic (exact) mass is 702 g/mol. The number of aromatic nitrogens is 2. The van der Waals surface area contributed by atoms with Gasteiger partial charge < -0.3 is 25.0 Å². The van der Waals surface area contributed by atoms with Crippen molar-refractivity contribution in [2.45, 2.75) is 81.2 Å². The van der Waals surface area contributed by atoms with Crippen molar-refractivity contribution >= 4 is 38.8 Å². The molecular formula is C36H42N6O7S. The summed E-state index contributed by atoms with van der Waals surface area (Å²) in [5.41, 5.74) is 0.826. The number of ether oxygens (including phenoxy) is 2. The summed E-state index contributed by atoms with van der Waals surface area (Å²) >= 11 is 0. The first-order valence-corrected chi connectivity index (χ1v) is 18.8. The standard InChI is InChI=1S/C36H42N6O7S/c1-22-29(48-2)17-16-27-30(22)38-31(23-11-7-6-8-12-23)39-33(27)49-25-19-28-32(43)40-36(34(44)41-50(46,47)26-14-15-26)20-24(36)13-9-4-3-5-10-18-37-35(45)42(28)21-25/h6-9,11-13,16-17,24-26,28H,3-5,10,14-15,18-21H2,1-2H3,(H,37,45)(H,40,43)(H,41,44)/b13-9-. The highest BCUT2D eigenvalue weighted by Gasteiger charge is 2.62. The van der Waals surface area contributed by atoms with Gasteiger partial charge in [0.15, 0.2) is 5.82 Å². The molecule has 3 fully saturated rings. The van der Waals surface area contributed by atoms with Crippen molar-refractivity contribution in [2.24, 2.45) is 5.92 Å². The van der Waals surface area contributed by atoms with Crippen LogP contribution in [0, 0.1) is 12.8 Å². The molecule has 1 saturated heterocycles. The quantitative estimate of drug-likeness (QED) is 0.311. The summed E-state index contributed by atoms with van der Waals surface area (Å²) in [4.78, 5) is 52.4. The highest BCUT2D eigenvalue weighted by atomic mass is 32.2. The molecule has 14 heteroatoms. The lowest BCUT2D eigenvalue weighted by Gasteiger charge is -2.26. The Labute approximate surface area is 291 Å². The van der Waals surface area contributed by atoms with Gasteiger partial charge in [0.05, 0.1) is 29.8 Å². The maximum atomic E-state index is 14.1. The minimum Gasteiger partial charge on any atom is -0.496 e. The molecule has 4 amide bonds. The van der Waals surface area contributed by atoms with Gasteiger partial charge >= 0.3 is 6.03 Å². The molecule has 3 aromatic rings. The average molecular weight is 703 g/mol. The Bertz CT molecular complexity index is 1950. The first-order chi connectivity index (χ1) is 24.1. The number of nitrogens with one attached hydrogen (secondary N) is 3. The molecule has 264 valence electrons. The van der Waals surface area contributed by atoms with Gasteiger partial charge in [0, 0.05) is 30.0 Å². The fourth-order valence-corrected chi connectivity index (χ4v) is 8.28. The highest BCUT2D eigenvalue weighted by Crippen LogP contribution is 2.46. The van der Waals surface area contributed by atoms with Gasteiger partial charge in [0.25, 0.3) is 5.91 Å². The number of allylic oxidation sites excluding steroid dienone is 1. The number of rotatable bonds is 7. The van der Waals surface area contributed by atoms with E-state index in [4.69, 9.17) is 19.4 Å². The molecule has 0 radical (unpaired) electrons. The predicted molar refractivity (Wildman–Crippen MR) is 186 cm³/mol. The van der Waals surface area contributed by atoms with Crippen molar-refractivity contribution in [3.63, 3.8) is 0 Å². The summed E-state index contributed by atoms with van der Waals surface area (Å²) in [6.45, 7) is 2.45. The van der Waals surface area contributed by atoms with E-state index in [9.17, 15) is 22.8 Å². The lowest BCUT2D eigenvalue weighted by atomic mass is 10.1. The van der Waals surface area contributed by atoms with Gasteiger partial charge in [0.2, 0.25) is 21.8 Å². The Kier molecular flexibility index (Phi) is 9.14. The third-order valence-corrected chi connectivity index (χ3v) is 11.9. The van der Waals surface area contributed by atoms with E-state index in [0.29, 0.717) is 47.7 Å². The molecule has 4 atom stereocenters. The van der Waals surface area contributed by atoms with Crippen molar-refractivity contribution in [3.05, 3.63) is 60.2 Å². The zero-order valence-electron chi connectivity index (χ0n) is 28.2. The zero-order chi connectivity index (χ0) is 35.0. The van der Waals surface area contributed by atoms with Gasteiger partial charge in [-0.15, -0.1) is 0 Å². The summed E-state index contributed by atoms with van der Waals surface area (Å²) in [5, 5.41) is 5.90. The van der Waals surface area contributed by atoms with Crippen LogP contribution in [0.3, 0.4) is 0 Å². The van der Waals surface area contributed by atoms with Gasteiger partial charge in [-0.3, -0.25) is 14.3 Å². The number of nitrogens with zero attached hydrogens (tertiary/aromatic N) is 3. The molecule has 13 nitrogen and oxygen atoms in total. The average Bonchev–Trinajstić information content (AvgIpc) is 4.03. The van der Waals surface area contributed by atoms with Gasteiger partial charge in [-0.05, 0) is 57.6 Å². The number of methoxy groups -OCH3 is 1. The predicted octanol–water partition coefficient (Wildman–Crippen LogP) is 3.76. The zero-order valence-corrected chi connectivity index (χ0v) is 29.0. The van der Waals surface area contributed by atoms with Gasteiger partial charge in [-0.25, -0.2) is 18.2 Å². The topological polar surface area (TPSA) is 169 Å². The summed E-state index contributed by atoms with van der Waals surface area (Å²) in [6.07, 6.45) is 7.97. The molecule has 3 heterocycles. The van der Waals surface area contributed by atoms with E-state index in [2.05, 4.69) is 15.4 Å². The highest BCUT2D eigenvalue weighted by molar-refractivity contribution is 7.91. The van der Waals surface area contributed by atoms with Gasteiger partial charge in [-0.2, -0.15) is 4.98 Å². The Morgan fingerprint density at radius 2 is 1.86 bits per heavy atom. The first-order valence-electron chi connectivity index (χ1n) is 17.3. The molecule has 2 aliphatic heterocycles. The summed E-state index contributed by atoms with van der Waals surface area (Å²) in [5.74, 6) is -0.237. The number of amides is 4. The molecule has 2 aliphatic carbocycles. The molecule has 1 aromatic heterocycles. The summed E-state index contributed by atoms with van der Waals surface area (Å²) in [6, 6.07) is 11.8. The van der Waals surface area contributed by atoms with Crippen molar-refractivity contribution in [3.8, 4) is 23.0 Å². The fraction of sp³-hybridized carbons (Fsp3) is 0.472.